The molecular formula is C18H24N2O4. The van der Waals surface area contributed by atoms with Crippen molar-refractivity contribution < 1.29 is 19.5 Å². The van der Waals surface area contributed by atoms with E-state index >= 15 is 0 Å². The zero-order chi connectivity index (χ0) is 17.7. The lowest BCUT2D eigenvalue weighted by Crippen LogP contribution is -2.43. The van der Waals surface area contributed by atoms with E-state index in [1.165, 1.54) is 0 Å². The zero-order valence-electron chi connectivity index (χ0n) is 14.0. The number of hydrogen-bond acceptors (Lipinski definition) is 3. The SMILES string of the molecule is CC(NC(=O)C1CCCC1)C(=O)Nc1cccc(C(C)C(=O)O)c1. The summed E-state index contributed by atoms with van der Waals surface area (Å²) in [5.41, 5.74) is 1.13. The van der Waals surface area contributed by atoms with Gasteiger partial charge in [0.15, 0.2) is 0 Å². The Kier molecular flexibility index (Phi) is 5.95. The van der Waals surface area contributed by atoms with Crippen molar-refractivity contribution in [2.45, 2.75) is 51.5 Å². The van der Waals surface area contributed by atoms with Crippen LogP contribution in [-0.2, 0) is 14.4 Å². The van der Waals surface area contributed by atoms with Crippen LogP contribution in [0.1, 0.15) is 51.0 Å². The fourth-order valence-corrected chi connectivity index (χ4v) is 2.86. The van der Waals surface area contributed by atoms with Gasteiger partial charge in [-0.25, -0.2) is 0 Å². The summed E-state index contributed by atoms with van der Waals surface area (Å²) in [6.45, 7) is 3.24. The summed E-state index contributed by atoms with van der Waals surface area (Å²) in [6, 6.07) is 6.11. The lowest BCUT2D eigenvalue weighted by Gasteiger charge is -2.17. The van der Waals surface area contributed by atoms with Crippen LogP contribution in [0.15, 0.2) is 24.3 Å². The van der Waals surface area contributed by atoms with Crippen molar-refractivity contribution in [1.82, 2.24) is 5.32 Å². The van der Waals surface area contributed by atoms with Crippen molar-refractivity contribution >= 4 is 23.5 Å². The first kappa shape index (κ1) is 18.0. The average Bonchev–Trinajstić information content (AvgIpc) is 3.08. The number of carboxylic acid groups (broad SMARTS) is 1. The summed E-state index contributed by atoms with van der Waals surface area (Å²) in [5, 5.41) is 14.5. The number of hydrogen-bond donors (Lipinski definition) is 3. The van der Waals surface area contributed by atoms with Crippen LogP contribution in [0.3, 0.4) is 0 Å². The number of benzene rings is 1. The number of amides is 2. The molecule has 1 aliphatic rings. The van der Waals surface area contributed by atoms with Gasteiger partial charge in [0.25, 0.3) is 0 Å². The lowest BCUT2D eigenvalue weighted by atomic mass is 10.0. The molecule has 0 bridgehead atoms. The molecule has 3 N–H and O–H groups in total. The number of carbonyl (C=O) groups is 3. The number of carboxylic acids is 1. The molecule has 0 heterocycles. The van der Waals surface area contributed by atoms with Crippen LogP contribution in [0.4, 0.5) is 5.69 Å². The Morgan fingerprint density at radius 2 is 1.83 bits per heavy atom. The minimum Gasteiger partial charge on any atom is -0.481 e. The van der Waals surface area contributed by atoms with E-state index in [4.69, 9.17) is 5.11 Å². The molecule has 0 spiro atoms. The van der Waals surface area contributed by atoms with Gasteiger partial charge in [0.05, 0.1) is 5.92 Å². The molecule has 1 saturated carbocycles. The largest absolute Gasteiger partial charge is 0.481 e. The summed E-state index contributed by atoms with van der Waals surface area (Å²) < 4.78 is 0. The first-order valence-electron chi connectivity index (χ1n) is 8.32. The van der Waals surface area contributed by atoms with E-state index in [-0.39, 0.29) is 17.7 Å². The van der Waals surface area contributed by atoms with Gasteiger partial charge in [-0.2, -0.15) is 0 Å². The Balaban J connectivity index is 1.94. The fourth-order valence-electron chi connectivity index (χ4n) is 2.86. The van der Waals surface area contributed by atoms with Crippen LogP contribution in [-0.4, -0.2) is 28.9 Å². The molecule has 6 heteroatoms. The zero-order valence-corrected chi connectivity index (χ0v) is 14.0. The van der Waals surface area contributed by atoms with E-state index in [1.807, 2.05) is 0 Å². The number of carbonyl (C=O) groups excluding carboxylic acids is 2. The minimum atomic E-state index is -0.921. The van der Waals surface area contributed by atoms with Gasteiger partial charge in [0, 0.05) is 11.6 Å². The molecule has 0 saturated heterocycles. The highest BCUT2D eigenvalue weighted by Crippen LogP contribution is 2.25. The highest BCUT2D eigenvalue weighted by atomic mass is 16.4. The van der Waals surface area contributed by atoms with Gasteiger partial charge in [0.2, 0.25) is 11.8 Å². The molecule has 130 valence electrons. The van der Waals surface area contributed by atoms with E-state index in [1.54, 1.807) is 38.1 Å². The normalized spacial score (nSPS) is 17.1. The second kappa shape index (κ2) is 7.95. The number of rotatable bonds is 6. The highest BCUT2D eigenvalue weighted by Gasteiger charge is 2.25. The van der Waals surface area contributed by atoms with Gasteiger partial charge in [-0.05, 0) is 44.4 Å². The van der Waals surface area contributed by atoms with Crippen LogP contribution >= 0.6 is 0 Å². The van der Waals surface area contributed by atoms with Gasteiger partial charge in [-0.15, -0.1) is 0 Å². The Morgan fingerprint density at radius 1 is 1.17 bits per heavy atom. The maximum absolute atomic E-state index is 12.2. The third-order valence-electron chi connectivity index (χ3n) is 4.50. The third kappa shape index (κ3) is 4.57. The monoisotopic (exact) mass is 332 g/mol. The summed E-state index contributed by atoms with van der Waals surface area (Å²) in [5.74, 6) is -1.94. The van der Waals surface area contributed by atoms with Gasteiger partial charge in [-0.1, -0.05) is 25.0 Å². The maximum Gasteiger partial charge on any atom is 0.310 e. The van der Waals surface area contributed by atoms with E-state index in [9.17, 15) is 14.4 Å². The molecule has 2 unspecified atom stereocenters. The number of anilines is 1. The smallest absolute Gasteiger partial charge is 0.310 e. The molecule has 1 fully saturated rings. The standard InChI is InChI=1S/C18H24N2O4/c1-11(18(23)24)14-8-5-9-15(10-14)20-16(21)12(2)19-17(22)13-6-3-4-7-13/h5,8-13H,3-4,6-7H2,1-2H3,(H,19,22)(H,20,21)(H,23,24). The van der Waals surface area contributed by atoms with Crippen molar-refractivity contribution in [3.05, 3.63) is 29.8 Å². The first-order valence-corrected chi connectivity index (χ1v) is 8.32. The predicted molar refractivity (Wildman–Crippen MR) is 90.7 cm³/mol. The lowest BCUT2D eigenvalue weighted by molar-refractivity contribution is -0.138. The fraction of sp³-hybridized carbons (Fsp3) is 0.500. The van der Waals surface area contributed by atoms with Gasteiger partial charge < -0.3 is 15.7 Å². The van der Waals surface area contributed by atoms with Gasteiger partial charge in [-0.3, -0.25) is 14.4 Å². The molecule has 1 aliphatic carbocycles. The van der Waals surface area contributed by atoms with Crippen LogP contribution in [0.2, 0.25) is 0 Å². The van der Waals surface area contributed by atoms with Crippen LogP contribution in [0.5, 0.6) is 0 Å². The Bertz CT molecular complexity index is 623. The van der Waals surface area contributed by atoms with Crippen molar-refractivity contribution in [2.24, 2.45) is 5.92 Å². The predicted octanol–water partition coefficient (Wildman–Crippen LogP) is 2.51. The Morgan fingerprint density at radius 3 is 2.46 bits per heavy atom. The summed E-state index contributed by atoms with van der Waals surface area (Å²) in [6.07, 6.45) is 3.89. The topological polar surface area (TPSA) is 95.5 Å². The van der Waals surface area contributed by atoms with Crippen molar-refractivity contribution in [3.8, 4) is 0 Å². The molecule has 0 aliphatic heterocycles. The Labute approximate surface area is 141 Å². The molecule has 2 amide bonds. The minimum absolute atomic E-state index is 0.0139. The third-order valence-corrected chi connectivity index (χ3v) is 4.50. The van der Waals surface area contributed by atoms with Crippen LogP contribution < -0.4 is 10.6 Å². The molecule has 1 aromatic carbocycles. The van der Waals surface area contributed by atoms with E-state index < -0.39 is 17.9 Å². The highest BCUT2D eigenvalue weighted by molar-refractivity contribution is 5.97. The van der Waals surface area contributed by atoms with Crippen LogP contribution in [0, 0.1) is 5.92 Å². The quantitative estimate of drug-likeness (QED) is 0.746. The molecular weight excluding hydrogens is 308 g/mol. The van der Waals surface area contributed by atoms with E-state index in [0.29, 0.717) is 11.3 Å². The number of nitrogens with one attached hydrogen (secondary N) is 2. The summed E-state index contributed by atoms with van der Waals surface area (Å²) in [7, 11) is 0. The van der Waals surface area contributed by atoms with Crippen molar-refractivity contribution in [1.29, 1.82) is 0 Å². The maximum atomic E-state index is 12.2. The van der Waals surface area contributed by atoms with Gasteiger partial charge >= 0.3 is 5.97 Å². The van der Waals surface area contributed by atoms with E-state index in [2.05, 4.69) is 10.6 Å². The molecule has 1 aromatic rings. The molecule has 6 nitrogen and oxygen atoms in total. The van der Waals surface area contributed by atoms with Crippen molar-refractivity contribution in [3.63, 3.8) is 0 Å². The second-order valence-corrected chi connectivity index (χ2v) is 6.39. The number of aliphatic carboxylic acids is 1. The second-order valence-electron chi connectivity index (χ2n) is 6.39. The molecule has 0 radical (unpaired) electrons. The summed E-state index contributed by atoms with van der Waals surface area (Å²) in [4.78, 5) is 35.4. The average molecular weight is 332 g/mol. The van der Waals surface area contributed by atoms with E-state index in [0.717, 1.165) is 25.7 Å². The molecule has 2 atom stereocenters. The van der Waals surface area contributed by atoms with Crippen molar-refractivity contribution in [2.75, 3.05) is 5.32 Å². The summed E-state index contributed by atoms with van der Waals surface area (Å²) >= 11 is 0. The Hall–Kier alpha value is -2.37. The first-order chi connectivity index (χ1) is 11.4. The molecule has 2 rings (SSSR count). The molecule has 0 aromatic heterocycles. The van der Waals surface area contributed by atoms with Gasteiger partial charge in [0.1, 0.15) is 6.04 Å². The van der Waals surface area contributed by atoms with Crippen LogP contribution in [0.25, 0.3) is 0 Å². The molecule has 24 heavy (non-hydrogen) atoms.